The molecule has 1 heterocycles. The van der Waals surface area contributed by atoms with E-state index in [1.807, 2.05) is 13.0 Å². The third-order valence-electron chi connectivity index (χ3n) is 3.75. The van der Waals surface area contributed by atoms with E-state index in [9.17, 15) is 0 Å². The van der Waals surface area contributed by atoms with Gasteiger partial charge in [-0.2, -0.15) is 0 Å². The fourth-order valence-electron chi connectivity index (χ4n) is 2.56. The van der Waals surface area contributed by atoms with Gasteiger partial charge in [0.1, 0.15) is 5.75 Å². The maximum atomic E-state index is 6.51. The van der Waals surface area contributed by atoms with Gasteiger partial charge in [-0.25, -0.2) is 0 Å². The third kappa shape index (κ3) is 3.47. The Kier molecular flexibility index (Phi) is 4.25. The van der Waals surface area contributed by atoms with Crippen LogP contribution in [0.5, 0.6) is 5.75 Å². The van der Waals surface area contributed by atoms with E-state index < -0.39 is 0 Å². The molecular weight excluding hydrogens is 224 g/mol. The Morgan fingerprint density at radius 1 is 1.33 bits per heavy atom. The average Bonchev–Trinajstić information content (AvgIpc) is 2.34. The molecule has 1 fully saturated rings. The number of piperidine rings is 1. The molecule has 3 heteroatoms. The van der Waals surface area contributed by atoms with Crippen molar-refractivity contribution in [3.05, 3.63) is 29.8 Å². The third-order valence-corrected chi connectivity index (χ3v) is 3.75. The Balaban J connectivity index is 2.02. The van der Waals surface area contributed by atoms with Gasteiger partial charge in [0.2, 0.25) is 0 Å². The van der Waals surface area contributed by atoms with Gasteiger partial charge in [-0.3, -0.25) is 0 Å². The number of rotatable bonds is 4. The number of nitrogens with zero attached hydrogens (tertiary/aromatic N) is 1. The Labute approximate surface area is 110 Å². The van der Waals surface area contributed by atoms with Crippen molar-refractivity contribution in [1.82, 2.24) is 4.90 Å². The average molecular weight is 248 g/mol. The summed E-state index contributed by atoms with van der Waals surface area (Å²) in [5.74, 6) is 0.950. The predicted octanol–water partition coefficient (Wildman–Crippen LogP) is 2.05. The largest absolute Gasteiger partial charge is 0.494 e. The van der Waals surface area contributed by atoms with Crippen molar-refractivity contribution in [3.8, 4) is 5.75 Å². The van der Waals surface area contributed by atoms with Crippen LogP contribution in [-0.2, 0) is 6.42 Å². The molecule has 2 N–H and O–H groups in total. The van der Waals surface area contributed by atoms with Crippen molar-refractivity contribution < 1.29 is 4.74 Å². The number of likely N-dealkylation sites (tertiary alicyclic amines) is 1. The second-order valence-corrected chi connectivity index (χ2v) is 5.42. The first-order valence-electron chi connectivity index (χ1n) is 6.80. The van der Waals surface area contributed by atoms with Crippen LogP contribution in [0.15, 0.2) is 24.3 Å². The normalized spacial score (nSPS) is 19.7. The molecule has 1 saturated heterocycles. The molecule has 1 aliphatic rings. The molecule has 100 valence electrons. The molecule has 1 aromatic carbocycles. The summed E-state index contributed by atoms with van der Waals surface area (Å²) in [6, 6.07) is 8.33. The standard InChI is InChI=1S/C15H24N2O/c1-3-18-14-6-4-5-13(11-14)12-15(16)7-9-17(2)10-8-15/h4-6,11H,3,7-10,12,16H2,1-2H3. The molecule has 0 unspecified atom stereocenters. The summed E-state index contributed by atoms with van der Waals surface area (Å²) in [7, 11) is 2.16. The quantitative estimate of drug-likeness (QED) is 0.886. The molecule has 3 nitrogen and oxygen atoms in total. The van der Waals surface area contributed by atoms with Crippen LogP contribution >= 0.6 is 0 Å². The van der Waals surface area contributed by atoms with Crippen molar-refractivity contribution in [1.29, 1.82) is 0 Å². The van der Waals surface area contributed by atoms with Gasteiger partial charge in [0.25, 0.3) is 0 Å². The van der Waals surface area contributed by atoms with Crippen molar-refractivity contribution in [2.24, 2.45) is 5.73 Å². The molecule has 0 spiro atoms. The zero-order chi connectivity index (χ0) is 13.0. The Bertz CT molecular complexity index is 384. The van der Waals surface area contributed by atoms with E-state index >= 15 is 0 Å². The first kappa shape index (κ1) is 13.4. The van der Waals surface area contributed by atoms with Gasteiger partial charge in [-0.15, -0.1) is 0 Å². The highest BCUT2D eigenvalue weighted by atomic mass is 16.5. The molecule has 0 aliphatic carbocycles. The van der Waals surface area contributed by atoms with E-state index in [1.54, 1.807) is 0 Å². The Morgan fingerprint density at radius 3 is 2.72 bits per heavy atom. The highest BCUT2D eigenvalue weighted by Gasteiger charge is 2.29. The van der Waals surface area contributed by atoms with Crippen LogP contribution in [0.4, 0.5) is 0 Å². The van der Waals surface area contributed by atoms with Crippen LogP contribution in [0, 0.1) is 0 Å². The topological polar surface area (TPSA) is 38.5 Å². The van der Waals surface area contributed by atoms with Gasteiger partial charge in [0.05, 0.1) is 6.61 Å². The fraction of sp³-hybridized carbons (Fsp3) is 0.600. The molecule has 0 radical (unpaired) electrons. The lowest BCUT2D eigenvalue weighted by atomic mass is 9.83. The minimum absolute atomic E-state index is 0.0443. The lowest BCUT2D eigenvalue weighted by Crippen LogP contribution is -2.50. The molecule has 0 aromatic heterocycles. The Hall–Kier alpha value is -1.06. The van der Waals surface area contributed by atoms with E-state index in [0.717, 1.165) is 38.1 Å². The number of nitrogens with two attached hydrogens (primary N) is 1. The van der Waals surface area contributed by atoms with E-state index in [-0.39, 0.29) is 5.54 Å². The molecule has 0 atom stereocenters. The summed E-state index contributed by atoms with van der Waals surface area (Å²) in [5, 5.41) is 0. The van der Waals surface area contributed by atoms with Crippen LogP contribution in [-0.4, -0.2) is 37.2 Å². The summed E-state index contributed by atoms with van der Waals surface area (Å²) >= 11 is 0. The fourth-order valence-corrected chi connectivity index (χ4v) is 2.56. The summed E-state index contributed by atoms with van der Waals surface area (Å²) in [4.78, 5) is 2.35. The number of hydrogen-bond donors (Lipinski definition) is 1. The van der Waals surface area contributed by atoms with Gasteiger partial charge < -0.3 is 15.4 Å². The van der Waals surface area contributed by atoms with Crippen molar-refractivity contribution in [2.75, 3.05) is 26.7 Å². The molecular formula is C15H24N2O. The molecule has 0 amide bonds. The SMILES string of the molecule is CCOc1cccc(CC2(N)CCN(C)CC2)c1. The first-order valence-corrected chi connectivity index (χ1v) is 6.80. The van der Waals surface area contributed by atoms with Crippen LogP contribution < -0.4 is 10.5 Å². The minimum atomic E-state index is -0.0443. The zero-order valence-electron chi connectivity index (χ0n) is 11.5. The Morgan fingerprint density at radius 2 is 2.06 bits per heavy atom. The second-order valence-electron chi connectivity index (χ2n) is 5.42. The maximum Gasteiger partial charge on any atom is 0.119 e. The lowest BCUT2D eigenvalue weighted by Gasteiger charge is -2.37. The summed E-state index contributed by atoms with van der Waals surface area (Å²) in [6.07, 6.45) is 3.09. The summed E-state index contributed by atoms with van der Waals surface area (Å²) in [6.45, 7) is 4.92. The van der Waals surface area contributed by atoms with E-state index in [2.05, 4.69) is 30.1 Å². The van der Waals surface area contributed by atoms with Gasteiger partial charge >= 0.3 is 0 Å². The van der Waals surface area contributed by atoms with Gasteiger partial charge in [0, 0.05) is 5.54 Å². The van der Waals surface area contributed by atoms with Gasteiger partial charge in [-0.05, 0) is 64.0 Å². The van der Waals surface area contributed by atoms with Crippen molar-refractivity contribution in [2.45, 2.75) is 31.7 Å². The highest BCUT2D eigenvalue weighted by molar-refractivity contribution is 5.29. The molecule has 0 bridgehead atoms. The molecule has 18 heavy (non-hydrogen) atoms. The zero-order valence-corrected chi connectivity index (χ0v) is 11.5. The van der Waals surface area contributed by atoms with Crippen molar-refractivity contribution >= 4 is 0 Å². The number of benzene rings is 1. The molecule has 2 rings (SSSR count). The second kappa shape index (κ2) is 5.72. The molecule has 1 aliphatic heterocycles. The number of hydrogen-bond acceptors (Lipinski definition) is 3. The van der Waals surface area contributed by atoms with E-state index in [0.29, 0.717) is 6.61 Å². The summed E-state index contributed by atoms with van der Waals surface area (Å²) in [5.41, 5.74) is 7.75. The number of ether oxygens (including phenoxy) is 1. The maximum absolute atomic E-state index is 6.51. The minimum Gasteiger partial charge on any atom is -0.494 e. The van der Waals surface area contributed by atoms with Crippen LogP contribution in [0.25, 0.3) is 0 Å². The van der Waals surface area contributed by atoms with Crippen LogP contribution in [0.1, 0.15) is 25.3 Å². The van der Waals surface area contributed by atoms with Gasteiger partial charge in [0.15, 0.2) is 0 Å². The predicted molar refractivity (Wildman–Crippen MR) is 75.0 cm³/mol. The smallest absolute Gasteiger partial charge is 0.119 e. The van der Waals surface area contributed by atoms with E-state index in [4.69, 9.17) is 10.5 Å². The van der Waals surface area contributed by atoms with Crippen LogP contribution in [0.3, 0.4) is 0 Å². The van der Waals surface area contributed by atoms with E-state index in [1.165, 1.54) is 5.56 Å². The summed E-state index contributed by atoms with van der Waals surface area (Å²) < 4.78 is 5.54. The van der Waals surface area contributed by atoms with Crippen LogP contribution in [0.2, 0.25) is 0 Å². The van der Waals surface area contributed by atoms with Crippen molar-refractivity contribution in [3.63, 3.8) is 0 Å². The highest BCUT2D eigenvalue weighted by Crippen LogP contribution is 2.25. The first-order chi connectivity index (χ1) is 8.61. The van der Waals surface area contributed by atoms with Gasteiger partial charge in [-0.1, -0.05) is 12.1 Å². The monoisotopic (exact) mass is 248 g/mol. The lowest BCUT2D eigenvalue weighted by molar-refractivity contribution is 0.190. The molecule has 1 aromatic rings. The molecule has 0 saturated carbocycles.